The number of benzene rings is 2. The van der Waals surface area contributed by atoms with Gasteiger partial charge in [0, 0.05) is 23.1 Å². The average Bonchev–Trinajstić information content (AvgIpc) is 2.53. The third-order valence-electron chi connectivity index (χ3n) is 3.42. The highest BCUT2D eigenvalue weighted by Gasteiger charge is 2.07. The smallest absolute Gasteiger partial charge is 0.336 e. The van der Waals surface area contributed by atoms with Gasteiger partial charge in [-0.1, -0.05) is 17.7 Å². The lowest BCUT2D eigenvalue weighted by atomic mass is 10.1. The van der Waals surface area contributed by atoms with Crippen LogP contribution >= 0.6 is 0 Å². The first-order chi connectivity index (χ1) is 10.7. The predicted molar refractivity (Wildman–Crippen MR) is 84.5 cm³/mol. The Kier molecular flexibility index (Phi) is 3.83. The SMILES string of the molecule is COc1cccc(OCc2cc(=O)oc3ccc(C)cc23)c1. The topological polar surface area (TPSA) is 48.7 Å². The molecule has 3 aromatic rings. The molecule has 0 saturated carbocycles. The maximum absolute atomic E-state index is 11.7. The van der Waals surface area contributed by atoms with Gasteiger partial charge < -0.3 is 13.9 Å². The fraction of sp³-hybridized carbons (Fsp3) is 0.167. The molecule has 0 aliphatic heterocycles. The van der Waals surface area contributed by atoms with E-state index in [4.69, 9.17) is 13.9 Å². The van der Waals surface area contributed by atoms with Gasteiger partial charge >= 0.3 is 5.63 Å². The minimum absolute atomic E-state index is 0.290. The minimum Gasteiger partial charge on any atom is -0.497 e. The molecule has 0 radical (unpaired) electrons. The molecule has 1 aromatic heterocycles. The van der Waals surface area contributed by atoms with Crippen molar-refractivity contribution >= 4 is 11.0 Å². The van der Waals surface area contributed by atoms with Crippen LogP contribution in [0.4, 0.5) is 0 Å². The molecular formula is C18H16O4. The Morgan fingerprint density at radius 2 is 1.86 bits per heavy atom. The molecule has 0 atom stereocenters. The summed E-state index contributed by atoms with van der Waals surface area (Å²) in [6.07, 6.45) is 0. The number of rotatable bonds is 4. The van der Waals surface area contributed by atoms with Crippen LogP contribution in [0.5, 0.6) is 11.5 Å². The molecule has 0 amide bonds. The van der Waals surface area contributed by atoms with Crippen LogP contribution in [0, 0.1) is 6.92 Å². The molecule has 22 heavy (non-hydrogen) atoms. The van der Waals surface area contributed by atoms with Crippen LogP contribution in [-0.2, 0) is 6.61 Å². The van der Waals surface area contributed by atoms with E-state index in [2.05, 4.69) is 0 Å². The summed E-state index contributed by atoms with van der Waals surface area (Å²) in [6.45, 7) is 2.29. The number of fused-ring (bicyclic) bond motifs is 1. The fourth-order valence-corrected chi connectivity index (χ4v) is 2.31. The van der Waals surface area contributed by atoms with Crippen LogP contribution in [0.1, 0.15) is 11.1 Å². The Morgan fingerprint density at radius 3 is 2.68 bits per heavy atom. The Bertz CT molecular complexity index is 864. The van der Waals surface area contributed by atoms with Gasteiger partial charge in [-0.2, -0.15) is 0 Å². The van der Waals surface area contributed by atoms with Crippen molar-refractivity contribution in [1.29, 1.82) is 0 Å². The lowest BCUT2D eigenvalue weighted by molar-refractivity contribution is 0.304. The Hall–Kier alpha value is -2.75. The van der Waals surface area contributed by atoms with Crippen LogP contribution in [-0.4, -0.2) is 7.11 Å². The zero-order valence-corrected chi connectivity index (χ0v) is 12.5. The van der Waals surface area contributed by atoms with Crippen molar-refractivity contribution in [3.8, 4) is 11.5 Å². The molecule has 0 N–H and O–H groups in total. The molecule has 2 aromatic carbocycles. The molecule has 3 rings (SSSR count). The summed E-state index contributed by atoms with van der Waals surface area (Å²) in [6, 6.07) is 14.5. The molecule has 112 valence electrons. The molecule has 0 fully saturated rings. The second-order valence-electron chi connectivity index (χ2n) is 5.06. The van der Waals surface area contributed by atoms with Crippen LogP contribution in [0.25, 0.3) is 11.0 Å². The Balaban J connectivity index is 1.93. The summed E-state index contributed by atoms with van der Waals surface area (Å²) in [5.74, 6) is 1.42. The van der Waals surface area contributed by atoms with Crippen LogP contribution in [0.3, 0.4) is 0 Å². The van der Waals surface area contributed by atoms with Gasteiger partial charge in [-0.25, -0.2) is 4.79 Å². The van der Waals surface area contributed by atoms with Crippen molar-refractivity contribution < 1.29 is 13.9 Å². The van der Waals surface area contributed by atoms with Gasteiger partial charge in [0.05, 0.1) is 7.11 Å². The minimum atomic E-state index is -0.374. The highest BCUT2D eigenvalue weighted by molar-refractivity contribution is 5.80. The van der Waals surface area contributed by atoms with Crippen LogP contribution in [0.15, 0.2) is 57.7 Å². The highest BCUT2D eigenvalue weighted by atomic mass is 16.5. The summed E-state index contributed by atoms with van der Waals surface area (Å²) in [5.41, 5.74) is 2.10. The van der Waals surface area contributed by atoms with E-state index in [1.807, 2.05) is 37.3 Å². The van der Waals surface area contributed by atoms with E-state index in [1.165, 1.54) is 6.07 Å². The zero-order valence-electron chi connectivity index (χ0n) is 12.5. The molecular weight excluding hydrogens is 280 g/mol. The second kappa shape index (κ2) is 5.93. The summed E-state index contributed by atoms with van der Waals surface area (Å²) >= 11 is 0. The zero-order chi connectivity index (χ0) is 15.5. The van der Waals surface area contributed by atoms with Gasteiger partial charge in [0.2, 0.25) is 0 Å². The molecule has 0 bridgehead atoms. The molecule has 0 saturated heterocycles. The van der Waals surface area contributed by atoms with Gasteiger partial charge in [-0.15, -0.1) is 0 Å². The normalized spacial score (nSPS) is 10.6. The standard InChI is InChI=1S/C18H16O4/c1-12-6-7-17-16(8-12)13(9-18(19)22-17)11-21-15-5-3-4-14(10-15)20-2/h3-10H,11H2,1-2H3. The van der Waals surface area contributed by atoms with Crippen molar-refractivity contribution in [3.63, 3.8) is 0 Å². The van der Waals surface area contributed by atoms with Crippen molar-refractivity contribution in [2.75, 3.05) is 7.11 Å². The summed E-state index contributed by atoms with van der Waals surface area (Å²) < 4.78 is 16.2. The number of hydrogen-bond acceptors (Lipinski definition) is 4. The lowest BCUT2D eigenvalue weighted by Crippen LogP contribution is -2.04. The van der Waals surface area contributed by atoms with E-state index in [-0.39, 0.29) is 5.63 Å². The number of methoxy groups -OCH3 is 1. The highest BCUT2D eigenvalue weighted by Crippen LogP contribution is 2.23. The third-order valence-corrected chi connectivity index (χ3v) is 3.42. The molecule has 4 nitrogen and oxygen atoms in total. The average molecular weight is 296 g/mol. The van der Waals surface area contributed by atoms with Crippen LogP contribution < -0.4 is 15.1 Å². The number of ether oxygens (including phenoxy) is 2. The maximum atomic E-state index is 11.7. The van der Waals surface area contributed by atoms with E-state index in [0.717, 1.165) is 22.3 Å². The van der Waals surface area contributed by atoms with E-state index >= 15 is 0 Å². The Morgan fingerprint density at radius 1 is 1.05 bits per heavy atom. The second-order valence-corrected chi connectivity index (χ2v) is 5.06. The van der Waals surface area contributed by atoms with Gasteiger partial charge in [-0.3, -0.25) is 0 Å². The first-order valence-electron chi connectivity index (χ1n) is 6.96. The quantitative estimate of drug-likeness (QED) is 0.689. The fourth-order valence-electron chi connectivity index (χ4n) is 2.31. The van der Waals surface area contributed by atoms with E-state index in [9.17, 15) is 4.79 Å². The molecule has 0 unspecified atom stereocenters. The van der Waals surface area contributed by atoms with Crippen molar-refractivity contribution in [2.24, 2.45) is 0 Å². The number of aryl methyl sites for hydroxylation is 1. The summed E-state index contributed by atoms with van der Waals surface area (Å²) in [4.78, 5) is 11.7. The molecule has 0 spiro atoms. The summed E-state index contributed by atoms with van der Waals surface area (Å²) in [5, 5.41) is 0.891. The van der Waals surface area contributed by atoms with Crippen molar-refractivity contribution in [1.82, 2.24) is 0 Å². The Labute approximate surface area is 127 Å². The van der Waals surface area contributed by atoms with Gasteiger partial charge in [0.1, 0.15) is 23.7 Å². The molecule has 0 aliphatic rings. The number of hydrogen-bond donors (Lipinski definition) is 0. The van der Waals surface area contributed by atoms with Crippen LogP contribution in [0.2, 0.25) is 0 Å². The molecule has 1 heterocycles. The molecule has 0 aliphatic carbocycles. The van der Waals surface area contributed by atoms with Gasteiger partial charge in [0.25, 0.3) is 0 Å². The van der Waals surface area contributed by atoms with Gasteiger partial charge in [0.15, 0.2) is 0 Å². The van der Waals surface area contributed by atoms with E-state index < -0.39 is 0 Å². The maximum Gasteiger partial charge on any atom is 0.336 e. The summed E-state index contributed by atoms with van der Waals surface area (Å²) in [7, 11) is 1.61. The van der Waals surface area contributed by atoms with Gasteiger partial charge in [-0.05, 0) is 31.2 Å². The monoisotopic (exact) mass is 296 g/mol. The third kappa shape index (κ3) is 2.96. The first kappa shape index (κ1) is 14.2. The molecule has 4 heteroatoms. The largest absolute Gasteiger partial charge is 0.497 e. The van der Waals surface area contributed by atoms with Crippen molar-refractivity contribution in [2.45, 2.75) is 13.5 Å². The van der Waals surface area contributed by atoms with E-state index in [1.54, 1.807) is 19.2 Å². The van der Waals surface area contributed by atoms with Crippen molar-refractivity contribution in [3.05, 3.63) is 70.1 Å². The lowest BCUT2D eigenvalue weighted by Gasteiger charge is -2.09. The van der Waals surface area contributed by atoms with E-state index in [0.29, 0.717) is 17.9 Å². The first-order valence-corrected chi connectivity index (χ1v) is 6.96. The predicted octanol–water partition coefficient (Wildman–Crippen LogP) is 3.69.